The van der Waals surface area contributed by atoms with Crippen molar-refractivity contribution in [2.45, 2.75) is 52.6 Å². The summed E-state index contributed by atoms with van der Waals surface area (Å²) in [7, 11) is 0. The van der Waals surface area contributed by atoms with E-state index in [0.717, 1.165) is 16.9 Å². The minimum Gasteiger partial charge on any atom is -0.354 e. The van der Waals surface area contributed by atoms with Gasteiger partial charge in [0.05, 0.1) is 17.1 Å². The van der Waals surface area contributed by atoms with Crippen LogP contribution in [0.1, 0.15) is 46.0 Å². The van der Waals surface area contributed by atoms with Crippen molar-refractivity contribution < 1.29 is 4.79 Å². The number of hydrogen-bond acceptors (Lipinski definition) is 3. The quantitative estimate of drug-likeness (QED) is 0.825. The molecule has 0 spiro atoms. The normalized spacial score (nSPS) is 13.0. The summed E-state index contributed by atoms with van der Waals surface area (Å²) >= 11 is 0. The lowest BCUT2D eigenvalue weighted by Crippen LogP contribution is -2.42. The minimum atomic E-state index is -0.432. The van der Waals surface area contributed by atoms with Crippen molar-refractivity contribution in [3.8, 4) is 0 Å². The van der Waals surface area contributed by atoms with Crippen LogP contribution in [0.2, 0.25) is 0 Å². The van der Waals surface area contributed by atoms with Crippen molar-refractivity contribution in [3.63, 3.8) is 0 Å². The second-order valence-corrected chi connectivity index (χ2v) is 6.76. The topological polar surface area (TPSA) is 72.9 Å². The molecule has 2 aromatic rings. The summed E-state index contributed by atoms with van der Waals surface area (Å²) in [5.41, 5.74) is 8.04. The van der Waals surface area contributed by atoms with Crippen molar-refractivity contribution in [3.05, 3.63) is 30.1 Å². The summed E-state index contributed by atoms with van der Waals surface area (Å²) in [5, 5.41) is 2.93. The third-order valence-electron chi connectivity index (χ3n) is 3.90. The standard InChI is InChI=1S/C18H28N4O/c1-12(2)11-14(19)18(23)20-10-9-17-21-15-7-5-6-8-16(15)22(17)13(3)4/h5-8,12-14H,9-11,19H2,1-4H3,(H,20,23)/t14-/m0/s1. The number of amides is 1. The van der Waals surface area contributed by atoms with E-state index in [0.29, 0.717) is 31.3 Å². The maximum Gasteiger partial charge on any atom is 0.236 e. The number of hydrogen-bond donors (Lipinski definition) is 2. The van der Waals surface area contributed by atoms with E-state index in [1.165, 1.54) is 0 Å². The van der Waals surface area contributed by atoms with Gasteiger partial charge in [-0.25, -0.2) is 4.98 Å². The molecule has 0 saturated heterocycles. The van der Waals surface area contributed by atoms with Crippen LogP contribution in [0.15, 0.2) is 24.3 Å². The molecule has 126 valence electrons. The van der Waals surface area contributed by atoms with Gasteiger partial charge in [0.1, 0.15) is 5.82 Å². The molecular weight excluding hydrogens is 288 g/mol. The summed E-state index contributed by atoms with van der Waals surface area (Å²) < 4.78 is 2.23. The molecule has 1 atom stereocenters. The third kappa shape index (κ3) is 4.32. The number of nitrogens with two attached hydrogens (primary N) is 1. The summed E-state index contributed by atoms with van der Waals surface area (Å²) in [4.78, 5) is 16.7. The zero-order valence-corrected chi connectivity index (χ0v) is 14.5. The van der Waals surface area contributed by atoms with E-state index in [-0.39, 0.29) is 5.91 Å². The number of aromatic nitrogens is 2. The van der Waals surface area contributed by atoms with Crippen molar-refractivity contribution in [1.29, 1.82) is 0 Å². The number of nitrogens with one attached hydrogen (secondary N) is 1. The lowest BCUT2D eigenvalue weighted by Gasteiger charge is -2.15. The monoisotopic (exact) mass is 316 g/mol. The molecule has 0 aliphatic heterocycles. The van der Waals surface area contributed by atoms with Crippen LogP contribution in [0.5, 0.6) is 0 Å². The van der Waals surface area contributed by atoms with Gasteiger partial charge in [0.15, 0.2) is 0 Å². The van der Waals surface area contributed by atoms with E-state index in [2.05, 4.69) is 43.6 Å². The summed E-state index contributed by atoms with van der Waals surface area (Å²) in [6.45, 7) is 8.99. The van der Waals surface area contributed by atoms with E-state index in [1.807, 2.05) is 18.2 Å². The fourth-order valence-corrected chi connectivity index (χ4v) is 2.89. The van der Waals surface area contributed by atoms with Gasteiger partial charge in [-0.05, 0) is 38.3 Å². The summed E-state index contributed by atoms with van der Waals surface area (Å²) in [6.07, 6.45) is 1.41. The number of benzene rings is 1. The maximum atomic E-state index is 12.0. The number of carbonyl (C=O) groups excluding carboxylic acids is 1. The molecule has 0 unspecified atom stereocenters. The predicted molar refractivity (Wildman–Crippen MR) is 94.3 cm³/mol. The van der Waals surface area contributed by atoms with Gasteiger partial charge in [0.2, 0.25) is 5.91 Å². The van der Waals surface area contributed by atoms with Crippen molar-refractivity contribution in [2.75, 3.05) is 6.54 Å². The molecule has 0 radical (unpaired) electrons. The number of carbonyl (C=O) groups is 1. The van der Waals surface area contributed by atoms with Gasteiger partial charge in [0, 0.05) is 19.0 Å². The number of nitrogens with zero attached hydrogens (tertiary/aromatic N) is 2. The van der Waals surface area contributed by atoms with Gasteiger partial charge in [0.25, 0.3) is 0 Å². The highest BCUT2D eigenvalue weighted by Gasteiger charge is 2.16. The van der Waals surface area contributed by atoms with E-state index in [1.54, 1.807) is 0 Å². The summed E-state index contributed by atoms with van der Waals surface area (Å²) in [5.74, 6) is 1.34. The smallest absolute Gasteiger partial charge is 0.236 e. The Bertz CT molecular complexity index is 660. The first-order chi connectivity index (χ1) is 10.9. The van der Waals surface area contributed by atoms with Gasteiger partial charge in [-0.15, -0.1) is 0 Å². The first-order valence-electron chi connectivity index (χ1n) is 8.39. The van der Waals surface area contributed by atoms with Gasteiger partial charge >= 0.3 is 0 Å². The number of rotatable bonds is 7. The molecule has 0 aliphatic rings. The Morgan fingerprint density at radius 1 is 1.26 bits per heavy atom. The Morgan fingerprint density at radius 3 is 2.61 bits per heavy atom. The average molecular weight is 316 g/mol. The van der Waals surface area contributed by atoms with Crippen molar-refractivity contribution >= 4 is 16.9 Å². The Balaban J connectivity index is 2.02. The fraction of sp³-hybridized carbons (Fsp3) is 0.556. The molecule has 0 bridgehead atoms. The van der Waals surface area contributed by atoms with Crippen LogP contribution in [0, 0.1) is 5.92 Å². The van der Waals surface area contributed by atoms with E-state index >= 15 is 0 Å². The number of imidazole rings is 1. The number of para-hydroxylation sites is 2. The Kier molecular flexibility index (Phi) is 5.77. The van der Waals surface area contributed by atoms with Crippen LogP contribution in [0.3, 0.4) is 0 Å². The Morgan fingerprint density at radius 2 is 1.96 bits per heavy atom. The molecule has 2 rings (SSSR count). The molecule has 0 saturated carbocycles. The predicted octanol–water partition coefficient (Wildman–Crippen LogP) is 2.65. The average Bonchev–Trinajstić information content (AvgIpc) is 2.84. The van der Waals surface area contributed by atoms with Gasteiger partial charge in [-0.2, -0.15) is 0 Å². The molecule has 1 amide bonds. The van der Waals surface area contributed by atoms with E-state index in [9.17, 15) is 4.79 Å². The first-order valence-corrected chi connectivity index (χ1v) is 8.39. The SMILES string of the molecule is CC(C)C[C@H](N)C(=O)NCCc1nc2ccccc2n1C(C)C. The molecule has 23 heavy (non-hydrogen) atoms. The lowest BCUT2D eigenvalue weighted by molar-refractivity contribution is -0.122. The zero-order chi connectivity index (χ0) is 17.0. The fourth-order valence-electron chi connectivity index (χ4n) is 2.89. The zero-order valence-electron chi connectivity index (χ0n) is 14.5. The van der Waals surface area contributed by atoms with Crippen LogP contribution >= 0.6 is 0 Å². The molecule has 0 aliphatic carbocycles. The molecule has 1 aromatic heterocycles. The van der Waals surface area contributed by atoms with Crippen LogP contribution in [0.4, 0.5) is 0 Å². The minimum absolute atomic E-state index is 0.0779. The van der Waals surface area contributed by atoms with Crippen molar-refractivity contribution in [1.82, 2.24) is 14.9 Å². The molecular formula is C18H28N4O. The third-order valence-corrected chi connectivity index (χ3v) is 3.90. The van der Waals surface area contributed by atoms with Gasteiger partial charge in [-0.3, -0.25) is 4.79 Å². The van der Waals surface area contributed by atoms with Gasteiger partial charge in [-0.1, -0.05) is 26.0 Å². The second-order valence-electron chi connectivity index (χ2n) is 6.76. The Hall–Kier alpha value is -1.88. The van der Waals surface area contributed by atoms with E-state index < -0.39 is 6.04 Å². The van der Waals surface area contributed by atoms with Crippen LogP contribution in [0.25, 0.3) is 11.0 Å². The number of fused-ring (bicyclic) bond motifs is 1. The maximum absolute atomic E-state index is 12.0. The highest BCUT2D eigenvalue weighted by Crippen LogP contribution is 2.21. The van der Waals surface area contributed by atoms with E-state index in [4.69, 9.17) is 10.7 Å². The molecule has 5 heteroatoms. The molecule has 1 aromatic carbocycles. The second kappa shape index (κ2) is 7.59. The first kappa shape index (κ1) is 17.5. The molecule has 0 fully saturated rings. The highest BCUT2D eigenvalue weighted by atomic mass is 16.2. The van der Waals surface area contributed by atoms with Crippen LogP contribution < -0.4 is 11.1 Å². The molecule has 1 heterocycles. The highest BCUT2D eigenvalue weighted by molar-refractivity contribution is 5.81. The Labute approximate surface area is 138 Å². The summed E-state index contributed by atoms with van der Waals surface area (Å²) in [6, 6.07) is 8.03. The van der Waals surface area contributed by atoms with Crippen LogP contribution in [-0.2, 0) is 11.2 Å². The van der Waals surface area contributed by atoms with Crippen molar-refractivity contribution in [2.24, 2.45) is 11.7 Å². The molecule has 5 nitrogen and oxygen atoms in total. The largest absolute Gasteiger partial charge is 0.354 e. The molecule has 3 N–H and O–H groups in total. The lowest BCUT2D eigenvalue weighted by atomic mass is 10.0. The van der Waals surface area contributed by atoms with Gasteiger partial charge < -0.3 is 15.6 Å². The van der Waals surface area contributed by atoms with Crippen LogP contribution in [-0.4, -0.2) is 28.0 Å².